The van der Waals surface area contributed by atoms with Gasteiger partial charge in [0.2, 0.25) is 0 Å². The lowest BCUT2D eigenvalue weighted by molar-refractivity contribution is -0.149. The van der Waals surface area contributed by atoms with Gasteiger partial charge in [-0.2, -0.15) is 0 Å². The first kappa shape index (κ1) is 19.6. The lowest BCUT2D eigenvalue weighted by Gasteiger charge is -2.14. The molecule has 24 heavy (non-hydrogen) atoms. The van der Waals surface area contributed by atoms with Crippen LogP contribution in [0.3, 0.4) is 0 Å². The van der Waals surface area contributed by atoms with Gasteiger partial charge in [0.15, 0.2) is 0 Å². The zero-order valence-corrected chi connectivity index (χ0v) is 14.2. The maximum Gasteiger partial charge on any atom is 0.322 e. The molecule has 1 unspecified atom stereocenters. The highest BCUT2D eigenvalue weighted by atomic mass is 19.1. The molecule has 0 spiro atoms. The number of carbonyl (C=O) groups is 1. The smallest absolute Gasteiger partial charge is 0.322 e. The van der Waals surface area contributed by atoms with Gasteiger partial charge in [0.25, 0.3) is 0 Å². The molecule has 0 fully saturated rings. The average Bonchev–Trinajstić information content (AvgIpc) is 2.47. The number of phenolic OH excluding ortho intramolecular Hbond substituents is 1. The van der Waals surface area contributed by atoms with Crippen molar-refractivity contribution in [2.24, 2.45) is 5.73 Å². The Hall–Kier alpha value is -2.40. The maximum absolute atomic E-state index is 12.3. The van der Waals surface area contributed by atoms with Gasteiger partial charge in [0.1, 0.15) is 23.7 Å². The molecule has 0 saturated carbocycles. The van der Waals surface area contributed by atoms with Crippen LogP contribution in [0.1, 0.15) is 25.0 Å². The van der Waals surface area contributed by atoms with Gasteiger partial charge >= 0.3 is 5.97 Å². The standard InChI is InChI=1S/C12H17NO2.C7H7FO/c1-9(15-12(14)10(2)13)8-11-6-4-3-5-7-11;1-5-2-6(8)4-7(9)3-5/h3-7,9-10H,8,13H2,1-2H3;2-4,9H,1H3/t9?,10-;/m0./s1. The van der Waals surface area contributed by atoms with Gasteiger partial charge in [-0.25, -0.2) is 4.39 Å². The Balaban J connectivity index is 0.000000272. The van der Waals surface area contributed by atoms with Crippen LogP contribution in [0.2, 0.25) is 0 Å². The Bertz CT molecular complexity index is 594. The second kappa shape index (κ2) is 9.67. The highest BCUT2D eigenvalue weighted by Crippen LogP contribution is 2.12. The van der Waals surface area contributed by atoms with E-state index in [0.717, 1.165) is 23.6 Å². The largest absolute Gasteiger partial charge is 0.508 e. The number of halogens is 1. The second-order valence-corrected chi connectivity index (χ2v) is 5.71. The fourth-order valence-electron chi connectivity index (χ4n) is 2.01. The van der Waals surface area contributed by atoms with Crippen molar-refractivity contribution in [2.45, 2.75) is 39.3 Å². The Morgan fingerprint density at radius 2 is 1.83 bits per heavy atom. The van der Waals surface area contributed by atoms with Crippen molar-refractivity contribution in [2.75, 3.05) is 0 Å². The van der Waals surface area contributed by atoms with Crippen LogP contribution in [0.4, 0.5) is 4.39 Å². The molecule has 0 radical (unpaired) electrons. The Kier molecular flexibility index (Phi) is 7.92. The second-order valence-electron chi connectivity index (χ2n) is 5.71. The van der Waals surface area contributed by atoms with E-state index in [0.29, 0.717) is 0 Å². The van der Waals surface area contributed by atoms with E-state index < -0.39 is 11.9 Å². The molecule has 0 aliphatic rings. The summed E-state index contributed by atoms with van der Waals surface area (Å²) in [7, 11) is 0. The molecule has 2 aromatic rings. The predicted molar refractivity (Wildman–Crippen MR) is 92.2 cm³/mol. The summed E-state index contributed by atoms with van der Waals surface area (Å²) in [5.74, 6) is -0.765. The highest BCUT2D eigenvalue weighted by molar-refractivity contribution is 5.75. The topological polar surface area (TPSA) is 72.5 Å². The van der Waals surface area contributed by atoms with Gasteiger partial charge in [0, 0.05) is 12.5 Å². The highest BCUT2D eigenvalue weighted by Gasteiger charge is 2.13. The fourth-order valence-corrected chi connectivity index (χ4v) is 2.01. The van der Waals surface area contributed by atoms with Crippen LogP contribution in [0, 0.1) is 12.7 Å². The van der Waals surface area contributed by atoms with Crippen molar-refractivity contribution in [1.29, 1.82) is 0 Å². The van der Waals surface area contributed by atoms with Gasteiger partial charge < -0.3 is 15.6 Å². The Morgan fingerprint density at radius 1 is 1.21 bits per heavy atom. The van der Waals surface area contributed by atoms with Gasteiger partial charge in [-0.15, -0.1) is 0 Å². The molecule has 0 saturated heterocycles. The van der Waals surface area contributed by atoms with Crippen LogP contribution >= 0.6 is 0 Å². The lowest BCUT2D eigenvalue weighted by atomic mass is 10.1. The molecule has 0 aliphatic heterocycles. The minimum absolute atomic E-state index is 0.0208. The molecule has 5 heteroatoms. The molecule has 3 N–H and O–H groups in total. The summed E-state index contributed by atoms with van der Waals surface area (Å²) in [4.78, 5) is 11.2. The summed E-state index contributed by atoms with van der Waals surface area (Å²) < 4.78 is 17.4. The number of rotatable bonds is 4. The van der Waals surface area contributed by atoms with Crippen LogP contribution in [0.25, 0.3) is 0 Å². The molecule has 2 atom stereocenters. The van der Waals surface area contributed by atoms with Crippen molar-refractivity contribution < 1.29 is 19.0 Å². The summed E-state index contributed by atoms with van der Waals surface area (Å²) in [5, 5.41) is 8.75. The molecule has 2 aromatic carbocycles. The van der Waals surface area contributed by atoms with Gasteiger partial charge in [-0.1, -0.05) is 30.3 Å². The van der Waals surface area contributed by atoms with E-state index in [1.54, 1.807) is 13.8 Å². The zero-order chi connectivity index (χ0) is 18.1. The van der Waals surface area contributed by atoms with E-state index >= 15 is 0 Å². The van der Waals surface area contributed by atoms with Crippen molar-refractivity contribution in [3.05, 3.63) is 65.5 Å². The quantitative estimate of drug-likeness (QED) is 0.842. The number of carbonyl (C=O) groups excluding carboxylic acids is 1. The maximum atomic E-state index is 12.3. The molecule has 0 amide bonds. The molecular weight excluding hydrogens is 309 g/mol. The molecule has 0 aromatic heterocycles. The van der Waals surface area contributed by atoms with E-state index in [9.17, 15) is 9.18 Å². The average molecular weight is 333 g/mol. The van der Waals surface area contributed by atoms with Gasteiger partial charge in [0.05, 0.1) is 0 Å². The number of hydrogen-bond acceptors (Lipinski definition) is 4. The molecule has 0 aliphatic carbocycles. The summed E-state index contributed by atoms with van der Waals surface area (Å²) in [6, 6.07) is 13.3. The zero-order valence-electron chi connectivity index (χ0n) is 14.2. The molecule has 4 nitrogen and oxygen atoms in total. The predicted octanol–water partition coefficient (Wildman–Crippen LogP) is 3.35. The van der Waals surface area contributed by atoms with Gasteiger partial charge in [-0.3, -0.25) is 4.79 Å². The monoisotopic (exact) mass is 333 g/mol. The summed E-state index contributed by atoms with van der Waals surface area (Å²) in [5.41, 5.74) is 7.29. The van der Waals surface area contributed by atoms with Crippen molar-refractivity contribution in [1.82, 2.24) is 0 Å². The molecule has 130 valence electrons. The third kappa shape index (κ3) is 7.74. The number of esters is 1. The first-order valence-corrected chi connectivity index (χ1v) is 7.74. The van der Waals surface area contributed by atoms with E-state index in [1.807, 2.05) is 37.3 Å². The molecule has 2 rings (SSSR count). The van der Waals surface area contributed by atoms with E-state index in [4.69, 9.17) is 15.6 Å². The number of hydrogen-bond donors (Lipinski definition) is 2. The van der Waals surface area contributed by atoms with E-state index in [-0.39, 0.29) is 17.8 Å². The van der Waals surface area contributed by atoms with E-state index in [1.165, 1.54) is 12.1 Å². The molecule has 0 bridgehead atoms. The lowest BCUT2D eigenvalue weighted by Crippen LogP contribution is -2.32. The fraction of sp³-hybridized carbons (Fsp3) is 0.316. The van der Waals surface area contributed by atoms with E-state index in [2.05, 4.69) is 0 Å². The minimum atomic E-state index is -0.553. The van der Waals surface area contributed by atoms with Crippen molar-refractivity contribution >= 4 is 5.97 Å². The third-order valence-corrected chi connectivity index (χ3v) is 3.08. The number of ether oxygens (including phenoxy) is 1. The number of phenols is 1. The van der Waals surface area contributed by atoms with Crippen LogP contribution in [0.5, 0.6) is 5.75 Å². The number of nitrogens with two attached hydrogens (primary N) is 1. The number of benzene rings is 2. The molecule has 0 heterocycles. The summed E-state index contributed by atoms with van der Waals surface area (Å²) in [6.07, 6.45) is 0.588. The van der Waals surface area contributed by atoms with Crippen LogP contribution in [-0.2, 0) is 16.0 Å². The normalized spacial score (nSPS) is 12.5. The van der Waals surface area contributed by atoms with Crippen LogP contribution in [-0.4, -0.2) is 23.2 Å². The van der Waals surface area contributed by atoms with Gasteiger partial charge in [-0.05, 0) is 44.0 Å². The third-order valence-electron chi connectivity index (χ3n) is 3.08. The minimum Gasteiger partial charge on any atom is -0.508 e. The summed E-state index contributed by atoms with van der Waals surface area (Å²) >= 11 is 0. The number of aryl methyl sites for hydroxylation is 1. The van der Waals surface area contributed by atoms with Crippen molar-refractivity contribution in [3.8, 4) is 5.75 Å². The van der Waals surface area contributed by atoms with Crippen molar-refractivity contribution in [3.63, 3.8) is 0 Å². The molecular formula is C19H24FNO3. The SMILES string of the molecule is CC(Cc1ccccc1)OC(=O)[C@H](C)N.Cc1cc(O)cc(F)c1. The van der Waals surface area contributed by atoms with Crippen LogP contribution < -0.4 is 5.73 Å². The van der Waals surface area contributed by atoms with Crippen LogP contribution in [0.15, 0.2) is 48.5 Å². The Labute approximate surface area is 142 Å². The number of aromatic hydroxyl groups is 1. The Morgan fingerprint density at radius 3 is 2.33 bits per heavy atom. The first-order chi connectivity index (χ1) is 11.3. The first-order valence-electron chi connectivity index (χ1n) is 7.74. The summed E-state index contributed by atoms with van der Waals surface area (Å²) in [6.45, 7) is 5.22.